The molecule has 0 radical (unpaired) electrons. The van der Waals surface area contributed by atoms with Crippen molar-refractivity contribution < 1.29 is 24.1 Å². The van der Waals surface area contributed by atoms with Crippen LogP contribution in [0.4, 0.5) is 0 Å². The monoisotopic (exact) mass is 383 g/mol. The third-order valence-corrected chi connectivity index (χ3v) is 5.88. The molecule has 1 aliphatic rings. The van der Waals surface area contributed by atoms with E-state index in [1.165, 1.54) is 0 Å². The molecule has 1 atom stereocenters. The lowest BCUT2D eigenvalue weighted by molar-refractivity contribution is -0.128. The largest absolute Gasteiger partial charge is 0.493 e. The smallest absolute Gasteiger partial charge is 0.233 e. The number of carbonyl (C=O) groups is 1. The van der Waals surface area contributed by atoms with Crippen LogP contribution in [0.5, 0.6) is 17.2 Å². The normalized spacial score (nSPS) is 17.5. The van der Waals surface area contributed by atoms with Crippen LogP contribution in [0.25, 0.3) is 0 Å². The predicted octanol–water partition coefficient (Wildman–Crippen LogP) is 3.09. The number of benzene rings is 1. The average molecular weight is 384 g/mol. The minimum absolute atomic E-state index is 0.0755. The van der Waals surface area contributed by atoms with E-state index in [2.05, 4.69) is 0 Å². The molecule has 0 aliphatic carbocycles. The SMILES string of the molecule is COc1cc(C2SCC(=O)N2CCCC(C)(C)CO)cc(OC)c1OC. The Balaban J connectivity index is 2.21. The predicted molar refractivity (Wildman–Crippen MR) is 103 cm³/mol. The van der Waals surface area contributed by atoms with E-state index in [0.717, 1.165) is 18.4 Å². The molecular weight excluding hydrogens is 354 g/mol. The second-order valence-electron chi connectivity index (χ2n) is 7.14. The molecule has 1 N–H and O–H groups in total. The van der Waals surface area contributed by atoms with Crippen LogP contribution in [-0.4, -0.2) is 56.1 Å². The van der Waals surface area contributed by atoms with Gasteiger partial charge in [-0.3, -0.25) is 4.79 Å². The highest BCUT2D eigenvalue weighted by Crippen LogP contribution is 2.45. The molecule has 0 spiro atoms. The van der Waals surface area contributed by atoms with Crippen LogP contribution in [0.1, 0.15) is 37.6 Å². The summed E-state index contributed by atoms with van der Waals surface area (Å²) in [5.41, 5.74) is 0.828. The van der Waals surface area contributed by atoms with Crippen LogP contribution in [0, 0.1) is 5.41 Å². The van der Waals surface area contributed by atoms with Crippen LogP contribution in [0.3, 0.4) is 0 Å². The number of hydrogen-bond donors (Lipinski definition) is 1. The number of thioether (sulfide) groups is 1. The quantitative estimate of drug-likeness (QED) is 0.707. The van der Waals surface area contributed by atoms with E-state index in [0.29, 0.717) is 29.5 Å². The van der Waals surface area contributed by atoms with Gasteiger partial charge in [0.15, 0.2) is 11.5 Å². The standard InChI is InChI=1S/C19H29NO5S/c1-19(2,12-21)7-6-8-20-16(22)11-26-18(20)13-9-14(23-3)17(25-5)15(10-13)24-4/h9-10,18,21H,6-8,11-12H2,1-5H3. The Hall–Kier alpha value is -1.60. The fraction of sp³-hybridized carbons (Fsp3) is 0.632. The first-order valence-electron chi connectivity index (χ1n) is 8.68. The summed E-state index contributed by atoms with van der Waals surface area (Å²) in [6.07, 6.45) is 1.71. The summed E-state index contributed by atoms with van der Waals surface area (Å²) < 4.78 is 16.2. The topological polar surface area (TPSA) is 68.2 Å². The van der Waals surface area contributed by atoms with Crippen molar-refractivity contribution in [1.82, 2.24) is 4.90 Å². The summed E-state index contributed by atoms with van der Waals surface area (Å²) in [5.74, 6) is 2.32. The number of methoxy groups -OCH3 is 3. The number of carbonyl (C=O) groups excluding carboxylic acids is 1. The lowest BCUT2D eigenvalue weighted by atomic mass is 9.89. The fourth-order valence-corrected chi connectivity index (χ4v) is 4.22. The van der Waals surface area contributed by atoms with Crippen LogP contribution in [-0.2, 0) is 4.79 Å². The van der Waals surface area contributed by atoms with E-state index >= 15 is 0 Å². The van der Waals surface area contributed by atoms with Gasteiger partial charge in [0.25, 0.3) is 0 Å². The molecule has 1 aliphatic heterocycles. The van der Waals surface area contributed by atoms with E-state index in [9.17, 15) is 9.90 Å². The second-order valence-corrected chi connectivity index (χ2v) is 8.20. The zero-order valence-electron chi connectivity index (χ0n) is 16.2. The van der Waals surface area contributed by atoms with E-state index in [4.69, 9.17) is 14.2 Å². The third kappa shape index (κ3) is 4.57. The van der Waals surface area contributed by atoms with E-state index in [1.54, 1.807) is 33.1 Å². The molecule has 26 heavy (non-hydrogen) atoms. The number of aliphatic hydroxyl groups is 1. The molecule has 1 unspecified atom stereocenters. The van der Waals surface area contributed by atoms with Crippen molar-refractivity contribution in [3.8, 4) is 17.2 Å². The van der Waals surface area contributed by atoms with Crippen LogP contribution in [0.15, 0.2) is 12.1 Å². The van der Waals surface area contributed by atoms with E-state index < -0.39 is 0 Å². The van der Waals surface area contributed by atoms with Crippen molar-refractivity contribution in [3.05, 3.63) is 17.7 Å². The van der Waals surface area contributed by atoms with Gasteiger partial charge in [0.2, 0.25) is 11.7 Å². The molecule has 1 amide bonds. The van der Waals surface area contributed by atoms with Crippen LogP contribution < -0.4 is 14.2 Å². The van der Waals surface area contributed by atoms with Crippen molar-refractivity contribution in [2.75, 3.05) is 40.2 Å². The Bertz CT molecular complexity index is 609. The van der Waals surface area contributed by atoms with Gasteiger partial charge in [0.1, 0.15) is 5.37 Å². The average Bonchev–Trinajstić information content (AvgIpc) is 3.01. The van der Waals surface area contributed by atoms with E-state index in [-0.39, 0.29) is 23.3 Å². The van der Waals surface area contributed by atoms with Gasteiger partial charge in [0.05, 0.1) is 27.1 Å². The maximum Gasteiger partial charge on any atom is 0.233 e. The van der Waals surface area contributed by atoms with Crippen molar-refractivity contribution >= 4 is 17.7 Å². The summed E-state index contributed by atoms with van der Waals surface area (Å²) in [7, 11) is 4.74. The lowest BCUT2D eigenvalue weighted by Gasteiger charge is -2.27. The molecule has 1 aromatic carbocycles. The number of aliphatic hydroxyl groups excluding tert-OH is 1. The van der Waals surface area contributed by atoms with Gasteiger partial charge < -0.3 is 24.2 Å². The summed E-state index contributed by atoms with van der Waals surface area (Å²) in [6.45, 7) is 4.87. The van der Waals surface area contributed by atoms with Crippen LogP contribution >= 0.6 is 11.8 Å². The van der Waals surface area contributed by atoms with Gasteiger partial charge in [-0.15, -0.1) is 11.8 Å². The molecule has 1 heterocycles. The number of ether oxygens (including phenoxy) is 3. The highest BCUT2D eigenvalue weighted by molar-refractivity contribution is 8.00. The molecule has 0 saturated carbocycles. The summed E-state index contributed by atoms with van der Waals surface area (Å²) >= 11 is 1.60. The highest BCUT2D eigenvalue weighted by atomic mass is 32.2. The van der Waals surface area contributed by atoms with Crippen LogP contribution in [0.2, 0.25) is 0 Å². The maximum absolute atomic E-state index is 12.4. The summed E-state index contributed by atoms with van der Waals surface area (Å²) in [6, 6.07) is 3.81. The minimum atomic E-state index is -0.127. The first kappa shape index (κ1) is 20.7. The number of hydrogen-bond acceptors (Lipinski definition) is 6. The Morgan fingerprint density at radius 3 is 2.31 bits per heavy atom. The molecule has 2 rings (SSSR count). The summed E-state index contributed by atoms with van der Waals surface area (Å²) in [5, 5.41) is 9.33. The minimum Gasteiger partial charge on any atom is -0.493 e. The number of amides is 1. The zero-order chi connectivity index (χ0) is 19.3. The molecule has 0 bridgehead atoms. The van der Waals surface area contributed by atoms with Crippen molar-refractivity contribution in [2.24, 2.45) is 5.41 Å². The van der Waals surface area contributed by atoms with Gasteiger partial charge in [-0.2, -0.15) is 0 Å². The maximum atomic E-state index is 12.4. The summed E-state index contributed by atoms with van der Waals surface area (Å²) in [4.78, 5) is 14.3. The molecule has 1 saturated heterocycles. The first-order valence-corrected chi connectivity index (χ1v) is 9.73. The molecule has 1 fully saturated rings. The van der Waals surface area contributed by atoms with E-state index in [1.807, 2.05) is 30.9 Å². The molecule has 7 heteroatoms. The van der Waals surface area contributed by atoms with Gasteiger partial charge >= 0.3 is 0 Å². The van der Waals surface area contributed by atoms with Crippen molar-refractivity contribution in [1.29, 1.82) is 0 Å². The van der Waals surface area contributed by atoms with Crippen molar-refractivity contribution in [2.45, 2.75) is 32.1 Å². The molecule has 1 aromatic rings. The highest BCUT2D eigenvalue weighted by Gasteiger charge is 2.34. The molecular formula is C19H29NO5S. The van der Waals surface area contributed by atoms with Gasteiger partial charge in [0, 0.05) is 13.2 Å². The van der Waals surface area contributed by atoms with Gasteiger partial charge in [-0.25, -0.2) is 0 Å². The lowest BCUT2D eigenvalue weighted by Crippen LogP contribution is -2.30. The second kappa shape index (κ2) is 8.86. The molecule has 6 nitrogen and oxygen atoms in total. The Morgan fingerprint density at radius 1 is 1.19 bits per heavy atom. The molecule has 146 valence electrons. The Kier molecular flexibility index (Phi) is 7.06. The fourth-order valence-electron chi connectivity index (χ4n) is 3.02. The third-order valence-electron chi connectivity index (χ3n) is 4.62. The Labute approximate surface area is 159 Å². The first-order chi connectivity index (χ1) is 12.4. The number of nitrogens with zero attached hydrogens (tertiary/aromatic N) is 1. The molecule has 0 aromatic heterocycles. The van der Waals surface area contributed by atoms with Gasteiger partial charge in [-0.1, -0.05) is 13.8 Å². The Morgan fingerprint density at radius 2 is 1.81 bits per heavy atom. The zero-order valence-corrected chi connectivity index (χ0v) is 17.0. The van der Waals surface area contributed by atoms with Gasteiger partial charge in [-0.05, 0) is 36.0 Å². The van der Waals surface area contributed by atoms with Crippen molar-refractivity contribution in [3.63, 3.8) is 0 Å². The number of rotatable bonds is 9.